The molecule has 0 amide bonds. The van der Waals surface area contributed by atoms with Crippen molar-refractivity contribution in [2.45, 2.75) is 90.4 Å². The number of unbranched alkanes of at least 4 members (excludes halogenated alkanes) is 6. The van der Waals surface area contributed by atoms with Crippen LogP contribution in [0.1, 0.15) is 90.4 Å². The molecule has 1 fully saturated rings. The summed E-state index contributed by atoms with van der Waals surface area (Å²) in [6.45, 7) is 5.99. The molecule has 1 aliphatic rings. The first kappa shape index (κ1) is 19.3. The van der Waals surface area contributed by atoms with Crippen LogP contribution in [0.15, 0.2) is 37.0 Å². The molecular formula is C22H38. The van der Waals surface area contributed by atoms with E-state index in [0.717, 1.165) is 11.8 Å². The summed E-state index contributed by atoms with van der Waals surface area (Å²) in [5.74, 6) is 1.87. The highest BCUT2D eigenvalue weighted by Crippen LogP contribution is 2.36. The molecule has 0 heterocycles. The first-order chi connectivity index (χ1) is 10.9. The maximum absolute atomic E-state index is 3.79. The van der Waals surface area contributed by atoms with Crippen molar-refractivity contribution < 1.29 is 0 Å². The van der Waals surface area contributed by atoms with Gasteiger partial charge in [-0.25, -0.2) is 0 Å². The summed E-state index contributed by atoms with van der Waals surface area (Å²) in [7, 11) is 0. The minimum Gasteiger partial charge on any atom is -0.103 e. The van der Waals surface area contributed by atoms with Gasteiger partial charge in [0.05, 0.1) is 0 Å². The van der Waals surface area contributed by atoms with Crippen molar-refractivity contribution in [1.29, 1.82) is 0 Å². The molecular weight excluding hydrogens is 264 g/mol. The van der Waals surface area contributed by atoms with E-state index >= 15 is 0 Å². The zero-order valence-electron chi connectivity index (χ0n) is 14.9. The molecule has 0 radical (unpaired) electrons. The number of rotatable bonds is 13. The second-order valence-corrected chi connectivity index (χ2v) is 6.87. The normalized spacial score (nSPS) is 22.0. The molecule has 0 N–H and O–H groups in total. The Kier molecular flexibility index (Phi) is 12.1. The molecule has 0 aromatic rings. The maximum atomic E-state index is 3.79. The second-order valence-electron chi connectivity index (χ2n) is 6.87. The van der Waals surface area contributed by atoms with E-state index in [-0.39, 0.29) is 0 Å². The molecule has 0 aromatic heterocycles. The van der Waals surface area contributed by atoms with E-state index in [0.29, 0.717) is 0 Å². The van der Waals surface area contributed by atoms with Gasteiger partial charge in [-0.3, -0.25) is 0 Å². The van der Waals surface area contributed by atoms with Gasteiger partial charge in [0.25, 0.3) is 0 Å². The predicted molar refractivity (Wildman–Crippen MR) is 101 cm³/mol. The van der Waals surface area contributed by atoms with Crippen molar-refractivity contribution in [2.24, 2.45) is 11.8 Å². The summed E-state index contributed by atoms with van der Waals surface area (Å²) < 4.78 is 0. The van der Waals surface area contributed by atoms with Crippen molar-refractivity contribution in [1.82, 2.24) is 0 Å². The Morgan fingerprint density at radius 3 is 2.45 bits per heavy atom. The Balaban J connectivity index is 2.08. The summed E-state index contributed by atoms with van der Waals surface area (Å²) in [6, 6.07) is 0. The zero-order valence-corrected chi connectivity index (χ0v) is 14.9. The van der Waals surface area contributed by atoms with Gasteiger partial charge in [-0.2, -0.15) is 0 Å². The fourth-order valence-electron chi connectivity index (χ4n) is 3.65. The first-order valence-electron chi connectivity index (χ1n) is 9.81. The van der Waals surface area contributed by atoms with Crippen molar-refractivity contribution in [3.63, 3.8) is 0 Å². The molecule has 0 bridgehead atoms. The van der Waals surface area contributed by atoms with E-state index < -0.39 is 0 Å². The molecule has 0 aliphatic heterocycles. The fourth-order valence-corrected chi connectivity index (χ4v) is 3.65. The smallest absolute Gasteiger partial charge is 0.0205 e. The Bertz CT molecular complexity index is 310. The highest BCUT2D eigenvalue weighted by atomic mass is 14.3. The van der Waals surface area contributed by atoms with Crippen molar-refractivity contribution in [2.75, 3.05) is 0 Å². The largest absolute Gasteiger partial charge is 0.103 e. The highest BCUT2D eigenvalue weighted by molar-refractivity contribution is 4.96. The Labute approximate surface area is 139 Å². The van der Waals surface area contributed by atoms with Crippen LogP contribution in [0, 0.1) is 11.8 Å². The third-order valence-electron chi connectivity index (χ3n) is 4.99. The number of hydrogen-bond donors (Lipinski definition) is 0. The van der Waals surface area contributed by atoms with Crippen molar-refractivity contribution in [3.8, 4) is 0 Å². The summed E-state index contributed by atoms with van der Waals surface area (Å²) in [5.41, 5.74) is 0. The molecule has 0 saturated heterocycles. The molecule has 126 valence electrons. The average Bonchev–Trinajstić information content (AvgIpc) is 2.97. The van der Waals surface area contributed by atoms with E-state index in [2.05, 4.69) is 37.8 Å². The first-order valence-corrected chi connectivity index (χ1v) is 9.81. The third-order valence-corrected chi connectivity index (χ3v) is 4.99. The minimum absolute atomic E-state index is 0.885. The van der Waals surface area contributed by atoms with Crippen molar-refractivity contribution >= 4 is 0 Å². The van der Waals surface area contributed by atoms with E-state index in [1.54, 1.807) is 0 Å². The number of hydrogen-bond acceptors (Lipinski definition) is 0. The van der Waals surface area contributed by atoms with E-state index in [1.165, 1.54) is 83.5 Å². The molecule has 0 spiro atoms. The summed E-state index contributed by atoms with van der Waals surface area (Å²) in [5, 5.41) is 0. The topological polar surface area (TPSA) is 0 Å². The van der Waals surface area contributed by atoms with Crippen LogP contribution in [-0.2, 0) is 0 Å². The fraction of sp³-hybridized carbons (Fsp3) is 0.727. The van der Waals surface area contributed by atoms with E-state index in [4.69, 9.17) is 0 Å². The van der Waals surface area contributed by atoms with Crippen LogP contribution < -0.4 is 0 Å². The van der Waals surface area contributed by atoms with Gasteiger partial charge >= 0.3 is 0 Å². The predicted octanol–water partition coefficient (Wildman–Crippen LogP) is 7.62. The molecule has 0 nitrogen and oxygen atoms in total. The molecule has 1 rings (SSSR count). The van der Waals surface area contributed by atoms with Gasteiger partial charge in [0.15, 0.2) is 0 Å². The molecule has 2 atom stereocenters. The van der Waals surface area contributed by atoms with Crippen LogP contribution in [0.5, 0.6) is 0 Å². The summed E-state index contributed by atoms with van der Waals surface area (Å²) in [4.78, 5) is 0. The second kappa shape index (κ2) is 13.9. The lowest BCUT2D eigenvalue weighted by molar-refractivity contribution is 0.402. The van der Waals surface area contributed by atoms with Gasteiger partial charge < -0.3 is 0 Å². The van der Waals surface area contributed by atoms with Crippen LogP contribution >= 0.6 is 0 Å². The lowest BCUT2D eigenvalue weighted by Crippen LogP contribution is -2.05. The Morgan fingerprint density at radius 2 is 1.64 bits per heavy atom. The molecule has 0 aromatic carbocycles. The lowest BCUT2D eigenvalue weighted by Gasteiger charge is -2.16. The Morgan fingerprint density at radius 1 is 0.864 bits per heavy atom. The Hall–Kier alpha value is -0.780. The van der Waals surface area contributed by atoms with Gasteiger partial charge in [0, 0.05) is 0 Å². The highest BCUT2D eigenvalue weighted by Gasteiger charge is 2.24. The average molecular weight is 303 g/mol. The van der Waals surface area contributed by atoms with Gasteiger partial charge in [-0.05, 0) is 63.2 Å². The summed E-state index contributed by atoms with van der Waals surface area (Å²) >= 11 is 0. The van der Waals surface area contributed by atoms with Gasteiger partial charge in [0.2, 0.25) is 0 Å². The zero-order chi connectivity index (χ0) is 15.9. The van der Waals surface area contributed by atoms with Crippen molar-refractivity contribution in [3.05, 3.63) is 37.0 Å². The van der Waals surface area contributed by atoms with Gasteiger partial charge in [-0.15, -0.1) is 6.58 Å². The molecule has 0 heteroatoms. The lowest BCUT2D eigenvalue weighted by atomic mass is 9.90. The number of allylic oxidation sites excluding steroid dienone is 5. The van der Waals surface area contributed by atoms with E-state index in [9.17, 15) is 0 Å². The maximum Gasteiger partial charge on any atom is -0.0205 e. The summed E-state index contributed by atoms with van der Waals surface area (Å²) in [6.07, 6.45) is 29.3. The van der Waals surface area contributed by atoms with Crippen LogP contribution in [0.4, 0.5) is 0 Å². The quantitative estimate of drug-likeness (QED) is 0.242. The molecule has 0 unspecified atom stereocenters. The standard InChI is InChI=1S/C22H38/c1-3-5-7-9-11-13-15-18-22-20-16-19-21(22)17-14-12-10-8-6-4-2/h3,6,8,14,17,21-22H,1,4-5,7,9-13,15-16,18-20H2,2H3/b8-6-,17-14+/t21-,22-/m0/s1. The van der Waals surface area contributed by atoms with Gasteiger partial charge in [-0.1, -0.05) is 69.4 Å². The molecule has 1 aliphatic carbocycles. The van der Waals surface area contributed by atoms with Crippen LogP contribution in [0.2, 0.25) is 0 Å². The molecule has 1 saturated carbocycles. The third kappa shape index (κ3) is 9.28. The van der Waals surface area contributed by atoms with Crippen LogP contribution in [0.3, 0.4) is 0 Å². The monoisotopic (exact) mass is 302 g/mol. The minimum atomic E-state index is 0.885. The molecule has 22 heavy (non-hydrogen) atoms. The van der Waals surface area contributed by atoms with E-state index in [1.807, 2.05) is 6.08 Å². The van der Waals surface area contributed by atoms with Gasteiger partial charge in [0.1, 0.15) is 0 Å². The SMILES string of the molecule is C=CCCCCCCC[C@H]1CCC[C@@H]1/C=C/CC/C=C\CC. The van der Waals surface area contributed by atoms with Crippen LogP contribution in [0.25, 0.3) is 0 Å². The van der Waals surface area contributed by atoms with Crippen LogP contribution in [-0.4, -0.2) is 0 Å².